The molecule has 0 bridgehead atoms. The first kappa shape index (κ1) is 10.7. The van der Waals surface area contributed by atoms with Crippen molar-refractivity contribution in [3.05, 3.63) is 30.0 Å². The predicted octanol–water partition coefficient (Wildman–Crippen LogP) is -3.76. The summed E-state index contributed by atoms with van der Waals surface area (Å²) in [5.41, 5.74) is -0.123. The van der Waals surface area contributed by atoms with Gasteiger partial charge in [0.2, 0.25) is 0 Å². The van der Waals surface area contributed by atoms with Gasteiger partial charge in [-0.3, -0.25) is 4.40 Å². The topological polar surface area (TPSA) is 70.3 Å². The largest absolute Gasteiger partial charge is 1.00 e. The van der Waals surface area contributed by atoms with Gasteiger partial charge in [0.1, 0.15) is 5.97 Å². The molecule has 2 aromatic rings. The minimum absolute atomic E-state index is 0. The molecular formula is C7H3FLiN3O2. The van der Waals surface area contributed by atoms with Gasteiger partial charge >= 0.3 is 18.9 Å². The van der Waals surface area contributed by atoms with Crippen LogP contribution in [0.15, 0.2) is 18.3 Å². The fraction of sp³-hybridized carbons (Fsp3) is 0. The number of carbonyl (C=O) groups excluding carboxylic acids is 1. The molecule has 0 fully saturated rings. The second-order valence-electron chi connectivity index (χ2n) is 2.36. The Balaban J connectivity index is 0.000000980. The van der Waals surface area contributed by atoms with Crippen LogP contribution in [-0.2, 0) is 0 Å². The van der Waals surface area contributed by atoms with Crippen LogP contribution in [0.1, 0.15) is 10.6 Å². The van der Waals surface area contributed by atoms with E-state index in [0.29, 0.717) is 0 Å². The second kappa shape index (κ2) is 3.78. The number of pyridine rings is 1. The Kier molecular flexibility index (Phi) is 2.89. The van der Waals surface area contributed by atoms with Crippen LogP contribution in [0.4, 0.5) is 4.39 Å². The Hall–Kier alpha value is -1.38. The molecule has 7 heteroatoms. The molecule has 0 saturated carbocycles. The van der Waals surface area contributed by atoms with Gasteiger partial charge in [-0.15, -0.1) is 10.2 Å². The van der Waals surface area contributed by atoms with Crippen molar-refractivity contribution in [1.82, 2.24) is 14.6 Å². The first-order chi connectivity index (χ1) is 6.20. The summed E-state index contributed by atoms with van der Waals surface area (Å²) >= 11 is 0. The van der Waals surface area contributed by atoms with E-state index in [9.17, 15) is 14.3 Å². The van der Waals surface area contributed by atoms with E-state index in [1.165, 1.54) is 18.3 Å². The summed E-state index contributed by atoms with van der Waals surface area (Å²) < 4.78 is 13.9. The third-order valence-electron chi connectivity index (χ3n) is 1.57. The fourth-order valence-corrected chi connectivity index (χ4v) is 1.02. The Bertz CT molecular complexity index is 485. The van der Waals surface area contributed by atoms with Crippen molar-refractivity contribution in [2.45, 2.75) is 0 Å². The summed E-state index contributed by atoms with van der Waals surface area (Å²) in [4.78, 5) is 10.4. The minimum atomic E-state index is -1.49. The number of carboxylic acid groups (broad SMARTS) is 1. The molecule has 0 spiro atoms. The number of nitrogens with zero attached hydrogens (tertiary/aromatic N) is 3. The molecule has 14 heavy (non-hydrogen) atoms. The molecule has 0 unspecified atom stereocenters. The Labute approximate surface area is 89.7 Å². The first-order valence-corrected chi connectivity index (χ1v) is 3.41. The Morgan fingerprint density at radius 3 is 2.86 bits per heavy atom. The van der Waals surface area contributed by atoms with Crippen molar-refractivity contribution in [1.29, 1.82) is 0 Å². The van der Waals surface area contributed by atoms with Crippen LogP contribution in [0.3, 0.4) is 0 Å². The maximum absolute atomic E-state index is 12.9. The summed E-state index contributed by atoms with van der Waals surface area (Å²) in [6, 6.07) is 2.53. The summed E-state index contributed by atoms with van der Waals surface area (Å²) in [6.45, 7) is 0. The summed E-state index contributed by atoms with van der Waals surface area (Å²) in [5.74, 6) is -2.52. The van der Waals surface area contributed by atoms with Crippen LogP contribution in [0.5, 0.6) is 0 Å². The van der Waals surface area contributed by atoms with Crippen LogP contribution < -0.4 is 24.0 Å². The summed E-state index contributed by atoms with van der Waals surface area (Å²) in [6.07, 6.45) is 1.35. The monoisotopic (exact) mass is 187 g/mol. The molecule has 0 radical (unpaired) electrons. The van der Waals surface area contributed by atoms with E-state index >= 15 is 0 Å². The zero-order chi connectivity index (χ0) is 9.42. The molecule has 0 atom stereocenters. The number of hydrogen-bond donors (Lipinski definition) is 0. The molecule has 0 aliphatic carbocycles. The smallest absolute Gasteiger partial charge is 0.541 e. The average Bonchev–Trinajstić information content (AvgIpc) is 2.48. The number of fused-ring (bicyclic) bond motifs is 1. The minimum Gasteiger partial charge on any atom is -0.541 e. The van der Waals surface area contributed by atoms with Crippen LogP contribution in [0.2, 0.25) is 0 Å². The maximum atomic E-state index is 12.9. The molecule has 0 aliphatic rings. The normalized spacial score (nSPS) is 9.79. The number of aromatic nitrogens is 3. The average molecular weight is 187 g/mol. The van der Waals surface area contributed by atoms with Gasteiger partial charge in [-0.1, -0.05) is 0 Å². The summed E-state index contributed by atoms with van der Waals surface area (Å²) in [7, 11) is 0. The molecule has 66 valence electrons. The van der Waals surface area contributed by atoms with Gasteiger partial charge in [0.25, 0.3) is 0 Å². The summed E-state index contributed by atoms with van der Waals surface area (Å²) in [5, 5.41) is 17.1. The second-order valence-corrected chi connectivity index (χ2v) is 2.36. The molecule has 0 amide bonds. The molecule has 0 aliphatic heterocycles. The van der Waals surface area contributed by atoms with E-state index in [2.05, 4.69) is 10.2 Å². The van der Waals surface area contributed by atoms with E-state index in [0.717, 1.165) is 4.40 Å². The van der Waals surface area contributed by atoms with Gasteiger partial charge in [0.05, 0.1) is 0 Å². The molecule has 5 nitrogen and oxygen atoms in total. The van der Waals surface area contributed by atoms with Gasteiger partial charge in [-0.2, -0.15) is 0 Å². The zero-order valence-electron chi connectivity index (χ0n) is 7.27. The molecule has 0 N–H and O–H groups in total. The predicted molar refractivity (Wildman–Crippen MR) is 37.3 cm³/mol. The molecule has 0 aromatic carbocycles. The van der Waals surface area contributed by atoms with Crippen LogP contribution in [0, 0.1) is 5.82 Å². The number of rotatable bonds is 1. The first-order valence-electron chi connectivity index (χ1n) is 3.41. The number of hydrogen-bond acceptors (Lipinski definition) is 4. The third kappa shape index (κ3) is 1.50. The van der Waals surface area contributed by atoms with E-state index in [1.54, 1.807) is 0 Å². The number of aromatic carboxylic acids is 1. The maximum Gasteiger partial charge on any atom is 1.00 e. The van der Waals surface area contributed by atoms with Crippen molar-refractivity contribution >= 4 is 11.6 Å². The van der Waals surface area contributed by atoms with E-state index in [-0.39, 0.29) is 24.5 Å². The van der Waals surface area contributed by atoms with Crippen molar-refractivity contribution < 1.29 is 33.2 Å². The van der Waals surface area contributed by atoms with Crippen LogP contribution >= 0.6 is 0 Å². The van der Waals surface area contributed by atoms with Gasteiger partial charge < -0.3 is 9.90 Å². The number of carbonyl (C=O) groups is 1. The van der Waals surface area contributed by atoms with Crippen molar-refractivity contribution in [3.8, 4) is 0 Å². The Morgan fingerprint density at radius 1 is 1.50 bits per heavy atom. The van der Waals surface area contributed by atoms with Crippen LogP contribution in [0.25, 0.3) is 5.65 Å². The van der Waals surface area contributed by atoms with Gasteiger partial charge in [-0.25, -0.2) is 4.39 Å². The molecule has 2 rings (SSSR count). The van der Waals surface area contributed by atoms with E-state index < -0.39 is 17.6 Å². The molecular weight excluding hydrogens is 184 g/mol. The number of halogens is 1. The number of carboxylic acids is 1. The molecule has 2 aromatic heterocycles. The van der Waals surface area contributed by atoms with E-state index in [1.807, 2.05) is 0 Å². The molecule has 0 saturated heterocycles. The van der Waals surface area contributed by atoms with Gasteiger partial charge in [0, 0.05) is 6.20 Å². The zero-order valence-corrected chi connectivity index (χ0v) is 7.27. The molecule has 2 heterocycles. The Morgan fingerprint density at radius 2 is 2.21 bits per heavy atom. The quantitative estimate of drug-likeness (QED) is 0.430. The van der Waals surface area contributed by atoms with Crippen LogP contribution in [-0.4, -0.2) is 20.6 Å². The van der Waals surface area contributed by atoms with Crippen molar-refractivity contribution in [2.75, 3.05) is 0 Å². The fourth-order valence-electron chi connectivity index (χ4n) is 1.02. The van der Waals surface area contributed by atoms with Gasteiger partial charge in [0.15, 0.2) is 17.3 Å². The standard InChI is InChI=1S/C7H4FN3O2.Li/c8-4-2-1-3-11-5(4)9-10-6(11)7(12)13;/h1-3H,(H,12,13);/q;+1/p-1. The van der Waals surface area contributed by atoms with Crippen molar-refractivity contribution in [3.63, 3.8) is 0 Å². The van der Waals surface area contributed by atoms with Gasteiger partial charge in [-0.05, 0) is 12.1 Å². The third-order valence-corrected chi connectivity index (χ3v) is 1.57. The van der Waals surface area contributed by atoms with E-state index in [4.69, 9.17) is 0 Å². The van der Waals surface area contributed by atoms with Crippen molar-refractivity contribution in [2.24, 2.45) is 0 Å². The SMILES string of the molecule is O=C([O-])c1nnc2c(F)cccn12.[Li+].